The fourth-order valence-electron chi connectivity index (χ4n) is 1.38. The largest absolute Gasteiger partial charge is 0.469 e. The lowest BCUT2D eigenvalue weighted by Gasteiger charge is -2.09. The molecule has 15 heavy (non-hydrogen) atoms. The SMILES string of the molecule is C#CC(CCCOC)CCCC(=O)OC. The van der Waals surface area contributed by atoms with E-state index >= 15 is 0 Å². The number of ether oxygens (including phenoxy) is 2. The molecule has 0 N–H and O–H groups in total. The van der Waals surface area contributed by atoms with Gasteiger partial charge in [0.1, 0.15) is 0 Å². The van der Waals surface area contributed by atoms with Crippen LogP contribution in [0.5, 0.6) is 0 Å². The minimum atomic E-state index is -0.164. The van der Waals surface area contributed by atoms with Gasteiger partial charge in [-0.15, -0.1) is 12.3 Å². The third-order valence-corrected chi connectivity index (χ3v) is 2.30. The van der Waals surface area contributed by atoms with E-state index in [1.165, 1.54) is 7.11 Å². The molecule has 3 nitrogen and oxygen atoms in total. The van der Waals surface area contributed by atoms with Crippen LogP contribution in [-0.2, 0) is 14.3 Å². The zero-order valence-electron chi connectivity index (χ0n) is 9.62. The van der Waals surface area contributed by atoms with E-state index in [1.807, 2.05) is 0 Å². The van der Waals surface area contributed by atoms with Gasteiger partial charge in [-0.05, 0) is 25.7 Å². The van der Waals surface area contributed by atoms with Crippen LogP contribution in [-0.4, -0.2) is 26.8 Å². The third-order valence-electron chi connectivity index (χ3n) is 2.30. The van der Waals surface area contributed by atoms with Crippen LogP contribution < -0.4 is 0 Å². The molecule has 0 aromatic rings. The van der Waals surface area contributed by atoms with Gasteiger partial charge in [-0.1, -0.05) is 0 Å². The summed E-state index contributed by atoms with van der Waals surface area (Å²) >= 11 is 0. The smallest absolute Gasteiger partial charge is 0.305 e. The van der Waals surface area contributed by atoms with Gasteiger partial charge in [0.2, 0.25) is 0 Å². The van der Waals surface area contributed by atoms with Crippen molar-refractivity contribution >= 4 is 5.97 Å². The topological polar surface area (TPSA) is 35.5 Å². The maximum atomic E-state index is 10.8. The summed E-state index contributed by atoms with van der Waals surface area (Å²) < 4.78 is 9.51. The van der Waals surface area contributed by atoms with Gasteiger partial charge < -0.3 is 9.47 Å². The summed E-state index contributed by atoms with van der Waals surface area (Å²) in [6, 6.07) is 0. The Balaban J connectivity index is 3.53. The lowest BCUT2D eigenvalue weighted by Crippen LogP contribution is -2.04. The van der Waals surface area contributed by atoms with E-state index in [0.29, 0.717) is 6.42 Å². The third kappa shape index (κ3) is 8.02. The molecule has 0 heterocycles. The van der Waals surface area contributed by atoms with Crippen molar-refractivity contribution in [2.45, 2.75) is 32.1 Å². The summed E-state index contributed by atoms with van der Waals surface area (Å²) in [4.78, 5) is 10.8. The van der Waals surface area contributed by atoms with Crippen LogP contribution in [0.15, 0.2) is 0 Å². The average molecular weight is 212 g/mol. The second-order valence-corrected chi connectivity index (χ2v) is 3.47. The summed E-state index contributed by atoms with van der Waals surface area (Å²) in [5.74, 6) is 2.84. The van der Waals surface area contributed by atoms with Crippen molar-refractivity contribution in [2.24, 2.45) is 5.92 Å². The summed E-state index contributed by atoms with van der Waals surface area (Å²) in [7, 11) is 3.09. The molecule has 0 fully saturated rings. The van der Waals surface area contributed by atoms with E-state index in [2.05, 4.69) is 10.7 Å². The van der Waals surface area contributed by atoms with Crippen LogP contribution in [0.1, 0.15) is 32.1 Å². The molecule has 0 saturated heterocycles. The second-order valence-electron chi connectivity index (χ2n) is 3.47. The molecule has 3 heteroatoms. The first kappa shape index (κ1) is 14.0. The summed E-state index contributed by atoms with van der Waals surface area (Å²) in [5.41, 5.74) is 0. The zero-order chi connectivity index (χ0) is 11.5. The van der Waals surface area contributed by atoms with Gasteiger partial charge in [0.05, 0.1) is 7.11 Å². The predicted octanol–water partition coefficient (Wildman–Crippen LogP) is 2.01. The van der Waals surface area contributed by atoms with Crippen molar-refractivity contribution in [1.29, 1.82) is 0 Å². The molecule has 0 aromatic heterocycles. The van der Waals surface area contributed by atoms with E-state index in [0.717, 1.165) is 32.3 Å². The minimum Gasteiger partial charge on any atom is -0.469 e. The fraction of sp³-hybridized carbons (Fsp3) is 0.750. The van der Waals surface area contributed by atoms with Gasteiger partial charge in [0, 0.05) is 26.1 Å². The number of carbonyl (C=O) groups is 1. The average Bonchev–Trinajstić information content (AvgIpc) is 2.26. The van der Waals surface area contributed by atoms with E-state index in [4.69, 9.17) is 11.2 Å². The van der Waals surface area contributed by atoms with Gasteiger partial charge in [0.25, 0.3) is 0 Å². The van der Waals surface area contributed by atoms with Crippen LogP contribution >= 0.6 is 0 Å². The molecule has 0 aliphatic heterocycles. The molecular formula is C12H20O3. The summed E-state index contributed by atoms with van der Waals surface area (Å²) in [6.07, 6.45) is 9.48. The molecule has 0 radical (unpaired) electrons. The first-order valence-corrected chi connectivity index (χ1v) is 5.26. The van der Waals surface area contributed by atoms with Crippen molar-refractivity contribution < 1.29 is 14.3 Å². The van der Waals surface area contributed by atoms with Gasteiger partial charge in [0.15, 0.2) is 0 Å². The molecule has 0 aliphatic carbocycles. The fourth-order valence-corrected chi connectivity index (χ4v) is 1.38. The Labute approximate surface area is 92.1 Å². The summed E-state index contributed by atoms with van der Waals surface area (Å²) in [5, 5.41) is 0. The standard InChI is InChI=1S/C12H20O3/c1-4-11(8-6-10-14-2)7-5-9-12(13)15-3/h1,11H,5-10H2,2-3H3. The van der Waals surface area contributed by atoms with Crippen molar-refractivity contribution in [2.75, 3.05) is 20.8 Å². The Kier molecular flexibility index (Phi) is 8.90. The maximum Gasteiger partial charge on any atom is 0.305 e. The van der Waals surface area contributed by atoms with Gasteiger partial charge in [-0.3, -0.25) is 4.79 Å². The highest BCUT2D eigenvalue weighted by Gasteiger charge is 2.06. The molecule has 0 saturated carbocycles. The Bertz CT molecular complexity index is 205. The van der Waals surface area contributed by atoms with E-state index in [1.54, 1.807) is 7.11 Å². The van der Waals surface area contributed by atoms with Gasteiger partial charge in [-0.25, -0.2) is 0 Å². The van der Waals surface area contributed by atoms with Gasteiger partial charge >= 0.3 is 5.97 Å². The molecule has 0 spiro atoms. The molecule has 1 unspecified atom stereocenters. The number of methoxy groups -OCH3 is 2. The highest BCUT2D eigenvalue weighted by molar-refractivity contribution is 5.68. The molecule has 0 bridgehead atoms. The van der Waals surface area contributed by atoms with Crippen LogP contribution in [0.3, 0.4) is 0 Å². The summed E-state index contributed by atoms with van der Waals surface area (Å²) in [6.45, 7) is 0.745. The Hall–Kier alpha value is -1.01. The van der Waals surface area contributed by atoms with Crippen molar-refractivity contribution in [3.8, 4) is 12.3 Å². The number of terminal acetylenes is 1. The van der Waals surface area contributed by atoms with Crippen molar-refractivity contribution in [1.82, 2.24) is 0 Å². The number of hydrogen-bond acceptors (Lipinski definition) is 3. The highest BCUT2D eigenvalue weighted by atomic mass is 16.5. The van der Waals surface area contributed by atoms with E-state index in [-0.39, 0.29) is 11.9 Å². The van der Waals surface area contributed by atoms with Crippen LogP contribution in [0.2, 0.25) is 0 Å². The van der Waals surface area contributed by atoms with Gasteiger partial charge in [-0.2, -0.15) is 0 Å². The molecule has 0 rings (SSSR count). The van der Waals surface area contributed by atoms with E-state index < -0.39 is 0 Å². The molecule has 86 valence electrons. The van der Waals surface area contributed by atoms with Crippen LogP contribution in [0.4, 0.5) is 0 Å². The first-order valence-electron chi connectivity index (χ1n) is 5.26. The number of hydrogen-bond donors (Lipinski definition) is 0. The Morgan fingerprint density at radius 3 is 2.53 bits per heavy atom. The minimum absolute atomic E-state index is 0.164. The normalized spacial score (nSPS) is 11.8. The lowest BCUT2D eigenvalue weighted by molar-refractivity contribution is -0.140. The number of carbonyl (C=O) groups excluding carboxylic acids is 1. The number of esters is 1. The van der Waals surface area contributed by atoms with Crippen LogP contribution in [0.25, 0.3) is 0 Å². The monoisotopic (exact) mass is 212 g/mol. The quantitative estimate of drug-likeness (QED) is 0.351. The lowest BCUT2D eigenvalue weighted by atomic mass is 9.98. The van der Waals surface area contributed by atoms with Crippen molar-refractivity contribution in [3.63, 3.8) is 0 Å². The van der Waals surface area contributed by atoms with Crippen molar-refractivity contribution in [3.05, 3.63) is 0 Å². The van der Waals surface area contributed by atoms with Crippen LogP contribution in [0, 0.1) is 18.3 Å². The molecule has 1 atom stereocenters. The Morgan fingerprint density at radius 2 is 2.00 bits per heavy atom. The van der Waals surface area contributed by atoms with E-state index in [9.17, 15) is 4.79 Å². The zero-order valence-corrected chi connectivity index (χ0v) is 9.62. The first-order chi connectivity index (χ1) is 7.24. The predicted molar refractivity (Wildman–Crippen MR) is 59.3 cm³/mol. The highest BCUT2D eigenvalue weighted by Crippen LogP contribution is 2.14. The second kappa shape index (κ2) is 9.54. The molecule has 0 aromatic carbocycles. The Morgan fingerprint density at radius 1 is 1.33 bits per heavy atom. The maximum absolute atomic E-state index is 10.8. The molecular weight excluding hydrogens is 192 g/mol. The molecule has 0 aliphatic rings. The molecule has 0 amide bonds. The number of rotatable bonds is 8.